The van der Waals surface area contributed by atoms with Gasteiger partial charge in [0.15, 0.2) is 23.0 Å². The highest BCUT2D eigenvalue weighted by atomic mass is 79.9. The zero-order chi connectivity index (χ0) is 22.1. The van der Waals surface area contributed by atoms with Crippen molar-refractivity contribution < 1.29 is 24.1 Å². The summed E-state index contributed by atoms with van der Waals surface area (Å²) >= 11 is 3.59. The molecule has 0 aliphatic carbocycles. The zero-order valence-electron chi connectivity index (χ0n) is 18.7. The Morgan fingerprint density at radius 3 is 2.62 bits per heavy atom. The molecule has 2 aromatic carbocycles. The topological polar surface area (TPSA) is 69.2 Å². The molecule has 3 rings (SSSR count). The minimum atomic E-state index is -0.808. The fourth-order valence-electron chi connectivity index (χ4n) is 3.45. The Labute approximate surface area is 205 Å². The minimum absolute atomic E-state index is 0. The SMILES string of the molecule is CCCCCCNCc1cc(Br)c(OCC(O)c2ccc3c(c2)OCCO3)c(OC)c1.Cl. The molecule has 0 bridgehead atoms. The number of aliphatic hydroxyl groups is 1. The molecular weight excluding hydrogens is 498 g/mol. The Bertz CT molecular complexity index is 851. The van der Waals surface area contributed by atoms with Gasteiger partial charge in [-0.15, -0.1) is 12.4 Å². The normalized spacial score (nSPS) is 13.2. The predicted octanol–water partition coefficient (Wildman–Crippen LogP) is 5.43. The van der Waals surface area contributed by atoms with Gasteiger partial charge in [-0.2, -0.15) is 0 Å². The van der Waals surface area contributed by atoms with Gasteiger partial charge in [-0.1, -0.05) is 32.3 Å². The van der Waals surface area contributed by atoms with Gasteiger partial charge in [-0.05, 0) is 64.3 Å². The number of unbranched alkanes of at least 4 members (excludes halogenated alkanes) is 3. The van der Waals surface area contributed by atoms with Crippen LogP contribution in [-0.4, -0.2) is 38.6 Å². The molecule has 1 atom stereocenters. The van der Waals surface area contributed by atoms with E-state index in [1.165, 1.54) is 25.7 Å². The first-order valence-electron chi connectivity index (χ1n) is 10.9. The third kappa shape index (κ3) is 7.44. The molecule has 2 N–H and O–H groups in total. The van der Waals surface area contributed by atoms with Crippen molar-refractivity contribution in [3.05, 3.63) is 45.9 Å². The van der Waals surface area contributed by atoms with Gasteiger partial charge in [0.2, 0.25) is 0 Å². The van der Waals surface area contributed by atoms with E-state index in [9.17, 15) is 5.11 Å². The average Bonchev–Trinajstić information content (AvgIpc) is 2.79. The second kappa shape index (κ2) is 13.8. The number of halogens is 2. The van der Waals surface area contributed by atoms with E-state index in [-0.39, 0.29) is 19.0 Å². The van der Waals surface area contributed by atoms with Gasteiger partial charge in [0.1, 0.15) is 25.9 Å². The van der Waals surface area contributed by atoms with Crippen LogP contribution in [0.4, 0.5) is 0 Å². The predicted molar refractivity (Wildman–Crippen MR) is 132 cm³/mol. The summed E-state index contributed by atoms with van der Waals surface area (Å²) in [5.74, 6) is 2.55. The van der Waals surface area contributed by atoms with E-state index in [4.69, 9.17) is 18.9 Å². The molecule has 0 spiro atoms. The molecule has 1 aliphatic rings. The number of hydrogen-bond donors (Lipinski definition) is 2. The highest BCUT2D eigenvalue weighted by Gasteiger charge is 2.18. The fraction of sp³-hybridized carbons (Fsp3) is 0.500. The Balaban J connectivity index is 0.00000363. The molecule has 0 radical (unpaired) electrons. The fourth-order valence-corrected chi connectivity index (χ4v) is 4.05. The molecule has 0 saturated carbocycles. The van der Waals surface area contributed by atoms with E-state index in [2.05, 4.69) is 28.2 Å². The van der Waals surface area contributed by atoms with Gasteiger partial charge in [-0.25, -0.2) is 0 Å². The molecule has 178 valence electrons. The largest absolute Gasteiger partial charge is 0.493 e. The van der Waals surface area contributed by atoms with Crippen molar-refractivity contribution in [3.8, 4) is 23.0 Å². The summed E-state index contributed by atoms with van der Waals surface area (Å²) in [7, 11) is 1.62. The van der Waals surface area contributed by atoms with Crippen molar-refractivity contribution in [1.82, 2.24) is 5.32 Å². The standard InChI is InChI=1S/C24H32BrNO5.ClH/c1-3-4-5-6-9-26-15-17-12-19(25)24(23(13-17)28-2)31-16-20(27)18-7-8-21-22(14-18)30-11-10-29-21;/h7-8,12-14,20,26-27H,3-6,9-11,15-16H2,1-2H3;1H. The van der Waals surface area contributed by atoms with Crippen LogP contribution in [0.2, 0.25) is 0 Å². The van der Waals surface area contributed by atoms with Crippen LogP contribution in [-0.2, 0) is 6.54 Å². The van der Waals surface area contributed by atoms with E-state index in [1.807, 2.05) is 24.3 Å². The van der Waals surface area contributed by atoms with Gasteiger partial charge in [-0.3, -0.25) is 0 Å². The summed E-state index contributed by atoms with van der Waals surface area (Å²) in [4.78, 5) is 0. The molecule has 0 fully saturated rings. The van der Waals surface area contributed by atoms with Crippen molar-refractivity contribution in [2.75, 3.05) is 33.5 Å². The molecule has 6 nitrogen and oxygen atoms in total. The van der Waals surface area contributed by atoms with Crippen LogP contribution in [0, 0.1) is 0 Å². The van der Waals surface area contributed by atoms with E-state index >= 15 is 0 Å². The van der Waals surface area contributed by atoms with Crippen LogP contribution in [0.15, 0.2) is 34.8 Å². The molecule has 2 aromatic rings. The number of hydrogen-bond acceptors (Lipinski definition) is 6. The van der Waals surface area contributed by atoms with Crippen molar-refractivity contribution in [2.24, 2.45) is 0 Å². The van der Waals surface area contributed by atoms with Gasteiger partial charge < -0.3 is 29.4 Å². The van der Waals surface area contributed by atoms with Crippen LogP contribution in [0.3, 0.4) is 0 Å². The maximum Gasteiger partial charge on any atom is 0.175 e. The first-order chi connectivity index (χ1) is 15.1. The van der Waals surface area contributed by atoms with Crippen LogP contribution < -0.4 is 24.3 Å². The Morgan fingerprint density at radius 1 is 1.09 bits per heavy atom. The van der Waals surface area contributed by atoms with Gasteiger partial charge in [0.25, 0.3) is 0 Å². The monoisotopic (exact) mass is 529 g/mol. The lowest BCUT2D eigenvalue weighted by atomic mass is 10.1. The smallest absolute Gasteiger partial charge is 0.175 e. The molecule has 0 amide bonds. The molecule has 1 aliphatic heterocycles. The maximum absolute atomic E-state index is 10.6. The van der Waals surface area contributed by atoms with Crippen LogP contribution in [0.25, 0.3) is 0 Å². The van der Waals surface area contributed by atoms with E-state index in [1.54, 1.807) is 13.2 Å². The van der Waals surface area contributed by atoms with Crippen molar-refractivity contribution in [3.63, 3.8) is 0 Å². The van der Waals surface area contributed by atoms with Crippen LogP contribution in [0.1, 0.15) is 49.8 Å². The van der Waals surface area contributed by atoms with Crippen LogP contribution in [0.5, 0.6) is 23.0 Å². The minimum Gasteiger partial charge on any atom is -0.493 e. The Hall–Kier alpha value is -1.67. The van der Waals surface area contributed by atoms with Gasteiger partial charge in [0.05, 0.1) is 11.6 Å². The first kappa shape index (κ1) is 26.6. The van der Waals surface area contributed by atoms with Crippen LogP contribution >= 0.6 is 28.3 Å². The van der Waals surface area contributed by atoms with Gasteiger partial charge >= 0.3 is 0 Å². The number of methoxy groups -OCH3 is 1. The summed E-state index contributed by atoms with van der Waals surface area (Å²) in [6, 6.07) is 9.42. The summed E-state index contributed by atoms with van der Waals surface area (Å²) in [5, 5.41) is 14.1. The lowest BCUT2D eigenvalue weighted by molar-refractivity contribution is 0.105. The Morgan fingerprint density at radius 2 is 1.88 bits per heavy atom. The van der Waals surface area contributed by atoms with Crippen molar-refractivity contribution in [2.45, 2.75) is 45.3 Å². The average molecular weight is 531 g/mol. The summed E-state index contributed by atoms with van der Waals surface area (Å²) in [6.45, 7) is 5.12. The lowest BCUT2D eigenvalue weighted by Gasteiger charge is -2.21. The summed E-state index contributed by atoms with van der Waals surface area (Å²) < 4.78 is 23.4. The maximum atomic E-state index is 10.6. The molecule has 0 saturated heterocycles. The van der Waals surface area contributed by atoms with E-state index in [0.29, 0.717) is 41.8 Å². The molecule has 32 heavy (non-hydrogen) atoms. The number of fused-ring (bicyclic) bond motifs is 1. The van der Waals surface area contributed by atoms with E-state index in [0.717, 1.165) is 23.1 Å². The Kier molecular flexibility index (Phi) is 11.4. The molecule has 1 heterocycles. The summed E-state index contributed by atoms with van der Waals surface area (Å²) in [5.41, 5.74) is 1.82. The first-order valence-corrected chi connectivity index (χ1v) is 11.7. The number of aliphatic hydroxyl groups excluding tert-OH is 1. The van der Waals surface area contributed by atoms with E-state index < -0.39 is 6.10 Å². The quantitative estimate of drug-likeness (QED) is 0.357. The highest BCUT2D eigenvalue weighted by molar-refractivity contribution is 9.10. The third-order valence-corrected chi connectivity index (χ3v) is 5.75. The number of benzene rings is 2. The second-order valence-corrected chi connectivity index (χ2v) is 8.43. The molecule has 0 aromatic heterocycles. The number of nitrogens with one attached hydrogen (secondary N) is 1. The highest BCUT2D eigenvalue weighted by Crippen LogP contribution is 2.38. The van der Waals surface area contributed by atoms with Gasteiger partial charge in [0, 0.05) is 6.54 Å². The molecule has 8 heteroatoms. The van der Waals surface area contributed by atoms with Crippen molar-refractivity contribution >= 4 is 28.3 Å². The summed E-state index contributed by atoms with van der Waals surface area (Å²) in [6.07, 6.45) is 4.16. The number of ether oxygens (including phenoxy) is 4. The number of rotatable bonds is 12. The second-order valence-electron chi connectivity index (χ2n) is 7.58. The zero-order valence-corrected chi connectivity index (χ0v) is 21.1. The lowest BCUT2D eigenvalue weighted by Crippen LogP contribution is -2.16. The molecule has 1 unspecified atom stereocenters. The van der Waals surface area contributed by atoms with Crippen molar-refractivity contribution in [1.29, 1.82) is 0 Å². The third-order valence-electron chi connectivity index (χ3n) is 5.16. The molecular formula is C24H33BrClNO5.